The van der Waals surface area contributed by atoms with E-state index < -0.39 is 0 Å². The average molecular weight is 289 g/mol. The minimum atomic E-state index is -0.0501. The molecular formula is C11H10Cl2N2OS. The van der Waals surface area contributed by atoms with E-state index in [-0.39, 0.29) is 12.3 Å². The van der Waals surface area contributed by atoms with E-state index >= 15 is 0 Å². The Bertz CT molecular complexity index is 547. The number of Topliss-reactive ketones (excluding diaryl/α,β-unsaturated/α-hetero) is 1. The summed E-state index contributed by atoms with van der Waals surface area (Å²) in [6.45, 7) is 2.24. The second-order valence-electron chi connectivity index (χ2n) is 3.49. The molecule has 3 nitrogen and oxygen atoms in total. The molecule has 0 bridgehead atoms. The van der Waals surface area contributed by atoms with Crippen LogP contribution in [0.2, 0.25) is 8.67 Å². The van der Waals surface area contributed by atoms with Crippen molar-refractivity contribution in [1.29, 1.82) is 0 Å². The maximum absolute atomic E-state index is 12.0. The zero-order valence-corrected chi connectivity index (χ0v) is 11.4. The number of imidazole rings is 1. The first-order valence-electron chi connectivity index (χ1n) is 5.10. The molecule has 2 heterocycles. The van der Waals surface area contributed by atoms with Crippen molar-refractivity contribution in [2.45, 2.75) is 19.9 Å². The summed E-state index contributed by atoms with van der Waals surface area (Å²) in [6.07, 6.45) is 4.27. The summed E-state index contributed by atoms with van der Waals surface area (Å²) in [5.74, 6) is 0.835. The first kappa shape index (κ1) is 12.6. The largest absolute Gasteiger partial charge is 0.327 e. The van der Waals surface area contributed by atoms with Crippen molar-refractivity contribution in [2.75, 3.05) is 0 Å². The number of halogens is 2. The van der Waals surface area contributed by atoms with Crippen molar-refractivity contribution < 1.29 is 4.79 Å². The summed E-state index contributed by atoms with van der Waals surface area (Å²) < 4.78 is 2.79. The predicted molar refractivity (Wildman–Crippen MR) is 70.3 cm³/mol. The molecule has 0 aliphatic rings. The first-order chi connectivity index (χ1) is 8.11. The summed E-state index contributed by atoms with van der Waals surface area (Å²) in [4.78, 5) is 16.2. The van der Waals surface area contributed by atoms with Gasteiger partial charge in [-0.15, -0.1) is 11.3 Å². The Labute approximate surface area is 113 Å². The smallest absolute Gasteiger partial charge is 0.184 e. The molecule has 0 aliphatic carbocycles. The van der Waals surface area contributed by atoms with Crippen molar-refractivity contribution in [2.24, 2.45) is 0 Å². The van der Waals surface area contributed by atoms with Gasteiger partial charge < -0.3 is 4.57 Å². The Morgan fingerprint density at radius 3 is 2.88 bits per heavy atom. The minimum absolute atomic E-state index is 0.0501. The maximum atomic E-state index is 12.0. The van der Waals surface area contributed by atoms with Gasteiger partial charge in [0.25, 0.3) is 0 Å². The number of carbonyl (C=O) groups excluding carboxylic acids is 1. The summed E-state index contributed by atoms with van der Waals surface area (Å²) in [5, 5.41) is 0. The van der Waals surface area contributed by atoms with Gasteiger partial charge in [-0.1, -0.05) is 30.1 Å². The molecule has 0 unspecified atom stereocenters. The van der Waals surface area contributed by atoms with Gasteiger partial charge in [0.05, 0.1) is 16.4 Å². The second-order valence-corrected chi connectivity index (χ2v) is 5.77. The molecule has 2 aromatic rings. The summed E-state index contributed by atoms with van der Waals surface area (Å²) in [6, 6.07) is 1.61. The van der Waals surface area contributed by atoms with Crippen LogP contribution in [0, 0.1) is 0 Å². The van der Waals surface area contributed by atoms with Crippen LogP contribution in [-0.4, -0.2) is 15.3 Å². The van der Waals surface area contributed by atoms with Crippen LogP contribution in [0.3, 0.4) is 0 Å². The molecule has 0 saturated heterocycles. The number of thiophene rings is 1. The third-order valence-corrected chi connectivity index (χ3v) is 3.88. The molecule has 17 heavy (non-hydrogen) atoms. The highest BCUT2D eigenvalue weighted by Gasteiger charge is 2.15. The van der Waals surface area contributed by atoms with Gasteiger partial charge in [-0.3, -0.25) is 4.79 Å². The van der Waals surface area contributed by atoms with Crippen LogP contribution >= 0.6 is 34.5 Å². The van der Waals surface area contributed by atoms with E-state index in [1.54, 1.807) is 18.5 Å². The van der Waals surface area contributed by atoms with Crippen LogP contribution in [0.5, 0.6) is 0 Å². The van der Waals surface area contributed by atoms with Crippen molar-refractivity contribution in [3.63, 3.8) is 0 Å². The van der Waals surface area contributed by atoms with Gasteiger partial charge in [0.15, 0.2) is 5.78 Å². The molecule has 0 saturated carbocycles. The van der Waals surface area contributed by atoms with E-state index in [0.717, 1.165) is 12.2 Å². The second kappa shape index (κ2) is 5.21. The molecule has 6 heteroatoms. The highest BCUT2D eigenvalue weighted by Crippen LogP contribution is 2.31. The van der Waals surface area contributed by atoms with E-state index in [1.165, 1.54) is 11.3 Å². The quantitative estimate of drug-likeness (QED) is 0.804. The normalized spacial score (nSPS) is 10.8. The van der Waals surface area contributed by atoms with Crippen molar-refractivity contribution in [1.82, 2.24) is 9.55 Å². The Morgan fingerprint density at radius 2 is 2.29 bits per heavy atom. The molecule has 2 rings (SSSR count). The van der Waals surface area contributed by atoms with Gasteiger partial charge in [0, 0.05) is 18.8 Å². The molecule has 2 aromatic heterocycles. The Balaban J connectivity index is 2.20. The van der Waals surface area contributed by atoms with Gasteiger partial charge >= 0.3 is 0 Å². The molecule has 0 aromatic carbocycles. The number of nitrogens with zero attached hydrogens (tertiary/aromatic N) is 2. The molecular weight excluding hydrogens is 279 g/mol. The summed E-state index contributed by atoms with van der Waals surface area (Å²) in [7, 11) is 0. The molecule has 0 aliphatic heterocycles. The number of hydrogen-bond donors (Lipinski definition) is 0. The number of hydrogen-bond acceptors (Lipinski definition) is 3. The van der Waals surface area contributed by atoms with Crippen LogP contribution in [0.15, 0.2) is 18.5 Å². The van der Waals surface area contributed by atoms with Crippen LogP contribution in [0.4, 0.5) is 0 Å². The van der Waals surface area contributed by atoms with Gasteiger partial charge in [0.2, 0.25) is 0 Å². The van der Waals surface area contributed by atoms with Crippen LogP contribution in [0.1, 0.15) is 23.1 Å². The van der Waals surface area contributed by atoms with Crippen molar-refractivity contribution >= 4 is 40.3 Å². The molecule has 0 atom stereocenters. The predicted octanol–water partition coefficient (Wildman–Crippen LogP) is 3.70. The van der Waals surface area contributed by atoms with Crippen LogP contribution in [-0.2, 0) is 13.0 Å². The number of rotatable bonds is 4. The SMILES string of the molecule is CCc1nccn1CC(=O)c1cc(Cl)sc1Cl. The zero-order valence-electron chi connectivity index (χ0n) is 9.11. The highest BCUT2D eigenvalue weighted by molar-refractivity contribution is 7.20. The third kappa shape index (κ3) is 2.70. The average Bonchev–Trinajstić information content (AvgIpc) is 2.84. The highest BCUT2D eigenvalue weighted by atomic mass is 35.5. The molecule has 90 valence electrons. The van der Waals surface area contributed by atoms with E-state index in [1.807, 2.05) is 11.5 Å². The van der Waals surface area contributed by atoms with Crippen molar-refractivity contribution in [3.8, 4) is 0 Å². The first-order valence-corrected chi connectivity index (χ1v) is 6.67. The van der Waals surface area contributed by atoms with Gasteiger partial charge in [0.1, 0.15) is 10.2 Å². The molecule has 0 fully saturated rings. The van der Waals surface area contributed by atoms with Gasteiger partial charge in [-0.2, -0.15) is 0 Å². The number of aryl methyl sites for hydroxylation is 1. The topological polar surface area (TPSA) is 34.9 Å². The third-order valence-electron chi connectivity index (χ3n) is 2.39. The van der Waals surface area contributed by atoms with E-state index in [0.29, 0.717) is 14.2 Å². The fourth-order valence-electron chi connectivity index (χ4n) is 1.57. The fraction of sp³-hybridized carbons (Fsp3) is 0.273. The Kier molecular flexibility index (Phi) is 3.86. The summed E-state index contributed by atoms with van der Waals surface area (Å²) >= 11 is 13.0. The lowest BCUT2D eigenvalue weighted by atomic mass is 10.2. The van der Waals surface area contributed by atoms with Gasteiger partial charge in [-0.25, -0.2) is 4.98 Å². The summed E-state index contributed by atoms with van der Waals surface area (Å²) in [5.41, 5.74) is 0.484. The number of ketones is 1. The Hall–Kier alpha value is -0.840. The zero-order chi connectivity index (χ0) is 12.4. The van der Waals surface area contributed by atoms with E-state index in [4.69, 9.17) is 23.2 Å². The lowest BCUT2D eigenvalue weighted by molar-refractivity contribution is 0.0971. The van der Waals surface area contributed by atoms with Gasteiger partial charge in [-0.05, 0) is 6.07 Å². The molecule has 0 spiro atoms. The number of aromatic nitrogens is 2. The molecule has 0 amide bonds. The fourth-order valence-corrected chi connectivity index (χ4v) is 3.07. The standard InChI is InChI=1S/C11H10Cl2N2OS/c1-2-10-14-3-4-15(10)6-8(16)7-5-9(12)17-11(7)13/h3-5H,2,6H2,1H3. The molecule has 0 N–H and O–H groups in total. The van der Waals surface area contributed by atoms with Crippen molar-refractivity contribution in [3.05, 3.63) is 38.5 Å². The molecule has 0 radical (unpaired) electrons. The monoisotopic (exact) mass is 288 g/mol. The Morgan fingerprint density at radius 1 is 1.53 bits per heavy atom. The van der Waals surface area contributed by atoms with Crippen LogP contribution in [0.25, 0.3) is 0 Å². The number of carbonyl (C=O) groups is 1. The van der Waals surface area contributed by atoms with E-state index in [2.05, 4.69) is 4.98 Å². The maximum Gasteiger partial charge on any atom is 0.184 e. The minimum Gasteiger partial charge on any atom is -0.327 e. The lowest BCUT2D eigenvalue weighted by Gasteiger charge is -2.04. The van der Waals surface area contributed by atoms with Crippen LogP contribution < -0.4 is 0 Å². The van der Waals surface area contributed by atoms with E-state index in [9.17, 15) is 4.79 Å². The lowest BCUT2D eigenvalue weighted by Crippen LogP contribution is -2.11.